The molecule has 1 saturated carbocycles. The highest BCUT2D eigenvalue weighted by atomic mass is 127. The number of likely N-dealkylation sites (tertiary alicyclic amines) is 2. The van der Waals surface area contributed by atoms with Crippen LogP contribution in [0.25, 0.3) is 0 Å². The van der Waals surface area contributed by atoms with E-state index in [1.54, 1.807) is 0 Å². The summed E-state index contributed by atoms with van der Waals surface area (Å²) in [5, 5.41) is 12.3. The highest BCUT2D eigenvalue weighted by Crippen LogP contribution is 2.43. The number of nitrogens with zero attached hydrogens (tertiary/aromatic N) is 6. The van der Waals surface area contributed by atoms with Crippen LogP contribution in [0.4, 0.5) is 0 Å². The zero-order valence-corrected chi connectivity index (χ0v) is 21.4. The molecule has 0 aromatic carbocycles. The first-order valence-corrected chi connectivity index (χ1v) is 11.7. The average molecular weight is 530 g/mol. The Hall–Kier alpha value is -0.900. The van der Waals surface area contributed by atoms with E-state index in [1.807, 2.05) is 18.5 Å². The van der Waals surface area contributed by atoms with Crippen LogP contribution in [0.15, 0.2) is 4.99 Å². The second-order valence-electron chi connectivity index (χ2n) is 9.40. The fourth-order valence-corrected chi connectivity index (χ4v) is 5.58. The first-order valence-electron chi connectivity index (χ1n) is 11.7. The fraction of sp³-hybridized carbons (Fsp3) is 0.864. The summed E-state index contributed by atoms with van der Waals surface area (Å²) in [6.07, 6.45) is 10.9. The van der Waals surface area contributed by atoms with Crippen molar-refractivity contribution in [2.45, 2.75) is 77.8 Å². The molecular formula is C22H40IN7. The van der Waals surface area contributed by atoms with Crippen LogP contribution in [-0.2, 0) is 13.6 Å². The molecule has 3 aliphatic rings. The van der Waals surface area contributed by atoms with Gasteiger partial charge >= 0.3 is 0 Å². The lowest BCUT2D eigenvalue weighted by molar-refractivity contribution is 0.203. The molecule has 2 saturated heterocycles. The third-order valence-electron chi connectivity index (χ3n) is 7.61. The van der Waals surface area contributed by atoms with Crippen LogP contribution in [0.2, 0.25) is 0 Å². The molecule has 1 aliphatic carbocycles. The summed E-state index contributed by atoms with van der Waals surface area (Å²) in [4.78, 5) is 10.2. The number of halogens is 1. The van der Waals surface area contributed by atoms with Gasteiger partial charge in [0.25, 0.3) is 0 Å². The molecule has 3 heterocycles. The molecule has 0 radical (unpaired) electrons. The van der Waals surface area contributed by atoms with Gasteiger partial charge in [-0.15, -0.1) is 34.2 Å². The maximum absolute atomic E-state index is 5.03. The number of aliphatic imine (C=N–C) groups is 1. The van der Waals surface area contributed by atoms with Crippen LogP contribution in [0.3, 0.4) is 0 Å². The van der Waals surface area contributed by atoms with Crippen molar-refractivity contribution in [3.8, 4) is 0 Å². The predicted octanol–water partition coefficient (Wildman–Crippen LogP) is 3.33. The van der Waals surface area contributed by atoms with Crippen LogP contribution in [-0.4, -0.2) is 69.3 Å². The summed E-state index contributed by atoms with van der Waals surface area (Å²) in [5.74, 6) is 2.96. The number of aromatic nitrogens is 3. The van der Waals surface area contributed by atoms with Crippen LogP contribution < -0.4 is 5.32 Å². The molecule has 0 amide bonds. The van der Waals surface area contributed by atoms with Gasteiger partial charge in [0.1, 0.15) is 12.4 Å². The quantitative estimate of drug-likeness (QED) is 0.360. The predicted molar refractivity (Wildman–Crippen MR) is 132 cm³/mol. The van der Waals surface area contributed by atoms with Crippen molar-refractivity contribution >= 4 is 29.9 Å². The van der Waals surface area contributed by atoms with E-state index in [-0.39, 0.29) is 24.0 Å². The van der Waals surface area contributed by atoms with Gasteiger partial charge in [0.2, 0.25) is 0 Å². The minimum Gasteiger partial charge on any atom is -0.355 e. The van der Waals surface area contributed by atoms with E-state index in [4.69, 9.17) is 4.99 Å². The Balaban J connectivity index is 0.00000256. The van der Waals surface area contributed by atoms with Crippen LogP contribution in [0, 0.1) is 12.3 Å². The number of hydrogen-bond acceptors (Lipinski definition) is 4. The lowest BCUT2D eigenvalue weighted by atomic mass is 9.73. The molecule has 8 heteroatoms. The van der Waals surface area contributed by atoms with E-state index in [2.05, 4.69) is 32.2 Å². The first kappa shape index (κ1) is 23.8. The van der Waals surface area contributed by atoms with E-state index in [0.717, 1.165) is 37.2 Å². The normalized spacial score (nSPS) is 24.4. The molecule has 30 heavy (non-hydrogen) atoms. The van der Waals surface area contributed by atoms with E-state index in [0.29, 0.717) is 18.0 Å². The zero-order chi connectivity index (χ0) is 20.3. The summed E-state index contributed by atoms with van der Waals surface area (Å²) >= 11 is 0. The van der Waals surface area contributed by atoms with E-state index >= 15 is 0 Å². The minimum atomic E-state index is 0. The number of aryl methyl sites for hydroxylation is 1. The zero-order valence-electron chi connectivity index (χ0n) is 19.1. The number of guanidine groups is 1. The van der Waals surface area contributed by atoms with Crippen LogP contribution in [0.5, 0.6) is 0 Å². The molecular weight excluding hydrogens is 489 g/mol. The summed E-state index contributed by atoms with van der Waals surface area (Å²) in [6, 6.07) is 0.633. The molecule has 1 N–H and O–H groups in total. The lowest BCUT2D eigenvalue weighted by Crippen LogP contribution is -2.46. The Morgan fingerprint density at radius 1 is 1.13 bits per heavy atom. The Kier molecular flexibility index (Phi) is 8.40. The van der Waals surface area contributed by atoms with E-state index < -0.39 is 0 Å². The van der Waals surface area contributed by atoms with Crippen LogP contribution in [0.1, 0.15) is 69.9 Å². The smallest absolute Gasteiger partial charge is 0.194 e. The second-order valence-corrected chi connectivity index (χ2v) is 9.40. The van der Waals surface area contributed by atoms with Gasteiger partial charge < -0.3 is 14.8 Å². The van der Waals surface area contributed by atoms with Gasteiger partial charge in [0, 0.05) is 32.7 Å². The molecule has 7 nitrogen and oxygen atoms in total. The Morgan fingerprint density at radius 3 is 2.63 bits per heavy atom. The SMILES string of the molecule is CCN1CCCC1CNC(=NCc1nnc(C)n1C)N1CCC2(CCCCC2)C1.I. The standard InChI is InChI=1S/C22H39N7.HI/c1-4-28-13-8-9-19(28)15-23-21(24-16-20-26-25-18(2)27(20)3)29-14-12-22(17-29)10-6-5-7-11-22;/h19H,4-17H2,1-3H3,(H,23,24);1H. The van der Waals surface area contributed by atoms with Crippen molar-refractivity contribution in [3.63, 3.8) is 0 Å². The van der Waals surface area contributed by atoms with Gasteiger partial charge in [0.05, 0.1) is 0 Å². The number of rotatable bonds is 5. The maximum Gasteiger partial charge on any atom is 0.194 e. The topological polar surface area (TPSA) is 61.6 Å². The molecule has 170 valence electrons. The van der Waals surface area contributed by atoms with Crippen molar-refractivity contribution < 1.29 is 0 Å². The number of nitrogens with one attached hydrogen (secondary N) is 1. The molecule has 1 unspecified atom stereocenters. The second kappa shape index (κ2) is 10.6. The molecule has 2 aliphatic heterocycles. The van der Waals surface area contributed by atoms with Gasteiger partial charge in [-0.1, -0.05) is 26.2 Å². The first-order chi connectivity index (χ1) is 14.1. The number of hydrogen-bond donors (Lipinski definition) is 1. The van der Waals surface area contributed by atoms with Gasteiger partial charge in [-0.2, -0.15) is 0 Å². The molecule has 1 spiro atoms. The Labute approximate surface area is 199 Å². The third kappa shape index (κ3) is 5.29. The molecule has 1 aromatic rings. The van der Waals surface area contributed by atoms with E-state index in [1.165, 1.54) is 64.5 Å². The number of likely N-dealkylation sites (N-methyl/N-ethyl adjacent to an activating group) is 1. The van der Waals surface area contributed by atoms with Gasteiger partial charge in [0.15, 0.2) is 11.8 Å². The summed E-state index contributed by atoms with van der Waals surface area (Å²) in [6.45, 7) is 10.5. The summed E-state index contributed by atoms with van der Waals surface area (Å²) in [5.41, 5.74) is 0.533. The van der Waals surface area contributed by atoms with Crippen molar-refractivity contribution in [3.05, 3.63) is 11.6 Å². The fourth-order valence-electron chi connectivity index (χ4n) is 5.58. The van der Waals surface area contributed by atoms with Gasteiger partial charge in [-0.05, 0) is 57.5 Å². The van der Waals surface area contributed by atoms with Gasteiger partial charge in [-0.25, -0.2) is 4.99 Å². The highest BCUT2D eigenvalue weighted by Gasteiger charge is 2.40. The molecule has 1 aromatic heterocycles. The highest BCUT2D eigenvalue weighted by molar-refractivity contribution is 14.0. The maximum atomic E-state index is 5.03. The van der Waals surface area contributed by atoms with Gasteiger partial charge in [-0.3, -0.25) is 4.90 Å². The largest absolute Gasteiger partial charge is 0.355 e. The summed E-state index contributed by atoms with van der Waals surface area (Å²) in [7, 11) is 2.03. The molecule has 0 bridgehead atoms. The van der Waals surface area contributed by atoms with Crippen molar-refractivity contribution in [2.75, 3.05) is 32.7 Å². The molecule has 1 atom stereocenters. The lowest BCUT2D eigenvalue weighted by Gasteiger charge is -2.34. The Bertz CT molecular complexity index is 710. The van der Waals surface area contributed by atoms with Crippen molar-refractivity contribution in [2.24, 2.45) is 17.5 Å². The Morgan fingerprint density at radius 2 is 1.93 bits per heavy atom. The molecule has 4 rings (SSSR count). The average Bonchev–Trinajstić information content (AvgIpc) is 3.44. The summed E-state index contributed by atoms with van der Waals surface area (Å²) < 4.78 is 2.05. The van der Waals surface area contributed by atoms with Crippen molar-refractivity contribution in [1.29, 1.82) is 0 Å². The van der Waals surface area contributed by atoms with Crippen LogP contribution >= 0.6 is 24.0 Å². The minimum absolute atomic E-state index is 0. The monoisotopic (exact) mass is 529 g/mol. The van der Waals surface area contributed by atoms with Crippen molar-refractivity contribution in [1.82, 2.24) is 29.9 Å². The molecule has 3 fully saturated rings. The van der Waals surface area contributed by atoms with E-state index in [9.17, 15) is 0 Å². The third-order valence-corrected chi connectivity index (χ3v) is 7.61.